The first kappa shape index (κ1) is 69.6. The van der Waals surface area contributed by atoms with E-state index in [-0.39, 0.29) is 18.5 Å². The highest BCUT2D eigenvalue weighted by atomic mass is 16.5. The van der Waals surface area contributed by atoms with Gasteiger partial charge in [-0.05, 0) is 51.4 Å². The van der Waals surface area contributed by atoms with Gasteiger partial charge in [0.25, 0.3) is 0 Å². The Morgan fingerprint density at radius 1 is 0.380 bits per heavy atom. The second kappa shape index (κ2) is 61.1. The molecule has 6 nitrogen and oxygen atoms in total. The number of hydrogen-bond acceptors (Lipinski definition) is 5. The minimum atomic E-state index is -0.663. The fraction of sp³-hybridized carbons (Fsp3) is 0.938. The molecule has 0 radical (unpaired) electrons. The van der Waals surface area contributed by atoms with Crippen LogP contribution in [0.4, 0.5) is 0 Å². The summed E-state index contributed by atoms with van der Waals surface area (Å²) in [6.07, 6.45) is 73.7. The van der Waals surface area contributed by atoms with Gasteiger partial charge >= 0.3 is 5.97 Å². The zero-order chi connectivity index (χ0) is 51.4. The molecule has 0 bridgehead atoms. The van der Waals surface area contributed by atoms with Crippen LogP contribution in [0.1, 0.15) is 367 Å². The Kier molecular flexibility index (Phi) is 59.9. The summed E-state index contributed by atoms with van der Waals surface area (Å²) >= 11 is 0. The molecule has 0 saturated heterocycles. The normalized spacial score (nSPS) is 12.6. The van der Waals surface area contributed by atoms with Gasteiger partial charge < -0.3 is 20.3 Å². The maximum Gasteiger partial charge on any atom is 0.305 e. The molecule has 0 aromatic rings. The third-order valence-electron chi connectivity index (χ3n) is 15.3. The highest BCUT2D eigenvalue weighted by molar-refractivity contribution is 5.76. The van der Waals surface area contributed by atoms with Gasteiger partial charge in [-0.2, -0.15) is 0 Å². The average molecular weight is 1000 g/mol. The van der Waals surface area contributed by atoms with Crippen LogP contribution in [-0.4, -0.2) is 47.4 Å². The van der Waals surface area contributed by atoms with Crippen molar-refractivity contribution in [3.63, 3.8) is 0 Å². The van der Waals surface area contributed by atoms with Crippen LogP contribution >= 0.6 is 0 Å². The third-order valence-corrected chi connectivity index (χ3v) is 15.3. The fourth-order valence-electron chi connectivity index (χ4n) is 10.3. The van der Waals surface area contributed by atoms with Crippen molar-refractivity contribution in [3.05, 3.63) is 12.2 Å². The van der Waals surface area contributed by atoms with Crippen LogP contribution in [0.15, 0.2) is 12.2 Å². The highest BCUT2D eigenvalue weighted by Crippen LogP contribution is 2.18. The summed E-state index contributed by atoms with van der Waals surface area (Å²) in [5.41, 5.74) is 0. The van der Waals surface area contributed by atoms with Crippen LogP contribution in [0.2, 0.25) is 0 Å². The zero-order valence-corrected chi connectivity index (χ0v) is 48.2. The van der Waals surface area contributed by atoms with E-state index < -0.39 is 12.1 Å². The molecule has 0 saturated carbocycles. The molecule has 6 heteroatoms. The molecule has 0 aliphatic rings. The molecule has 0 spiro atoms. The Hall–Kier alpha value is -1.40. The van der Waals surface area contributed by atoms with E-state index in [9.17, 15) is 19.8 Å². The van der Waals surface area contributed by atoms with Gasteiger partial charge in [-0.15, -0.1) is 0 Å². The number of hydrogen-bond donors (Lipinski definition) is 3. The molecule has 0 aliphatic heterocycles. The summed E-state index contributed by atoms with van der Waals surface area (Å²) in [7, 11) is 0. The summed E-state index contributed by atoms with van der Waals surface area (Å²) in [6.45, 7) is 4.97. The molecular weight excluding hydrogens is 875 g/mol. The van der Waals surface area contributed by atoms with Gasteiger partial charge in [0.1, 0.15) is 0 Å². The van der Waals surface area contributed by atoms with Gasteiger partial charge in [0, 0.05) is 12.8 Å². The number of unbranched alkanes of at least 4 members (excludes halogenated alkanes) is 48. The highest BCUT2D eigenvalue weighted by Gasteiger charge is 2.20. The molecule has 71 heavy (non-hydrogen) atoms. The second-order valence-electron chi connectivity index (χ2n) is 22.5. The predicted molar refractivity (Wildman–Crippen MR) is 310 cm³/mol. The SMILES string of the molecule is CCCCCCCC/C=C\CCCCCCCCCC(=O)OCCCCCCCCCCCCCCCCCCCCCCCCC(=O)NC(CO)C(O)CCCCCCCCCCCCCCCCC. The largest absolute Gasteiger partial charge is 0.466 e. The van der Waals surface area contributed by atoms with Crippen molar-refractivity contribution in [2.75, 3.05) is 13.2 Å². The number of aliphatic hydroxyl groups excluding tert-OH is 2. The lowest BCUT2D eigenvalue weighted by Gasteiger charge is -2.22. The van der Waals surface area contributed by atoms with Crippen LogP contribution in [0.3, 0.4) is 0 Å². The lowest BCUT2D eigenvalue weighted by molar-refractivity contribution is -0.143. The van der Waals surface area contributed by atoms with Crippen molar-refractivity contribution < 1.29 is 24.5 Å². The Morgan fingerprint density at radius 2 is 0.662 bits per heavy atom. The number of nitrogens with one attached hydrogen (secondary N) is 1. The molecular formula is C65H127NO5. The van der Waals surface area contributed by atoms with Crippen LogP contribution in [0, 0.1) is 0 Å². The molecule has 422 valence electrons. The van der Waals surface area contributed by atoms with E-state index in [1.807, 2.05) is 0 Å². The van der Waals surface area contributed by atoms with Crippen LogP contribution in [-0.2, 0) is 14.3 Å². The summed E-state index contributed by atoms with van der Waals surface area (Å²) in [5, 5.41) is 23.3. The van der Waals surface area contributed by atoms with E-state index in [2.05, 4.69) is 31.3 Å². The van der Waals surface area contributed by atoms with Crippen molar-refractivity contribution >= 4 is 11.9 Å². The number of carbonyl (C=O) groups excluding carboxylic acids is 2. The molecule has 1 amide bonds. The minimum absolute atomic E-state index is 0.0108. The average Bonchev–Trinajstić information content (AvgIpc) is 3.37. The quantitative estimate of drug-likeness (QED) is 0.0320. The van der Waals surface area contributed by atoms with Crippen molar-refractivity contribution in [1.82, 2.24) is 5.32 Å². The number of rotatable bonds is 61. The van der Waals surface area contributed by atoms with Gasteiger partial charge in [0.15, 0.2) is 0 Å². The number of carbonyl (C=O) groups is 2. The van der Waals surface area contributed by atoms with Gasteiger partial charge in [-0.25, -0.2) is 0 Å². The van der Waals surface area contributed by atoms with E-state index >= 15 is 0 Å². The number of allylic oxidation sites excluding steroid dienone is 2. The molecule has 0 aliphatic carbocycles. The van der Waals surface area contributed by atoms with Crippen LogP contribution < -0.4 is 5.32 Å². The molecule has 0 fully saturated rings. The van der Waals surface area contributed by atoms with Crippen LogP contribution in [0.5, 0.6) is 0 Å². The first-order valence-electron chi connectivity index (χ1n) is 32.4. The smallest absolute Gasteiger partial charge is 0.305 e. The van der Waals surface area contributed by atoms with E-state index in [4.69, 9.17) is 4.74 Å². The fourth-order valence-corrected chi connectivity index (χ4v) is 10.3. The van der Waals surface area contributed by atoms with Gasteiger partial charge in [0.05, 0.1) is 25.4 Å². The van der Waals surface area contributed by atoms with Gasteiger partial charge in [-0.1, -0.05) is 315 Å². The number of aliphatic hydroxyl groups is 2. The lowest BCUT2D eigenvalue weighted by atomic mass is 10.0. The molecule has 2 atom stereocenters. The van der Waals surface area contributed by atoms with Gasteiger partial charge in [0.2, 0.25) is 5.91 Å². The first-order valence-corrected chi connectivity index (χ1v) is 32.4. The minimum Gasteiger partial charge on any atom is -0.466 e. The summed E-state index contributed by atoms with van der Waals surface area (Å²) < 4.78 is 5.50. The van der Waals surface area contributed by atoms with E-state index in [0.29, 0.717) is 25.9 Å². The topological polar surface area (TPSA) is 95.9 Å². The van der Waals surface area contributed by atoms with E-state index in [1.165, 1.54) is 289 Å². The second-order valence-corrected chi connectivity index (χ2v) is 22.5. The number of amides is 1. The Labute approximate surface area is 444 Å². The van der Waals surface area contributed by atoms with Crippen molar-refractivity contribution in [3.8, 4) is 0 Å². The molecule has 2 unspecified atom stereocenters. The van der Waals surface area contributed by atoms with Crippen molar-refractivity contribution in [2.45, 2.75) is 379 Å². The van der Waals surface area contributed by atoms with Gasteiger partial charge in [-0.3, -0.25) is 9.59 Å². The third kappa shape index (κ3) is 57.7. The van der Waals surface area contributed by atoms with Crippen LogP contribution in [0.25, 0.3) is 0 Å². The predicted octanol–water partition coefficient (Wildman–Crippen LogP) is 20.4. The first-order chi connectivity index (χ1) is 35.0. The monoisotopic (exact) mass is 1000 g/mol. The summed E-state index contributed by atoms with van der Waals surface area (Å²) in [6, 6.07) is -0.541. The Balaban J connectivity index is 3.36. The molecule has 3 N–H and O–H groups in total. The summed E-state index contributed by atoms with van der Waals surface area (Å²) in [4.78, 5) is 24.6. The van der Waals surface area contributed by atoms with Crippen molar-refractivity contribution in [2.24, 2.45) is 0 Å². The van der Waals surface area contributed by atoms with E-state index in [0.717, 1.165) is 44.9 Å². The zero-order valence-electron chi connectivity index (χ0n) is 48.2. The number of ether oxygens (including phenoxy) is 1. The standard InChI is InChI=1S/C65H127NO5/c1-3-5-7-9-11-13-15-17-19-26-31-35-39-43-47-51-55-59-65(70)71-60-56-52-48-44-40-36-32-28-25-23-21-20-22-24-27-30-34-38-42-46-50-54-58-64(69)66-62(61-67)63(68)57-53-49-45-41-37-33-29-18-16-14-12-10-8-6-4-2/h17,19,62-63,67-68H,3-16,18,20-61H2,1-2H3,(H,66,69)/b19-17-. The van der Waals surface area contributed by atoms with Crippen molar-refractivity contribution in [1.29, 1.82) is 0 Å². The Bertz CT molecular complexity index is 1060. The molecule has 0 rings (SSSR count). The van der Waals surface area contributed by atoms with E-state index in [1.54, 1.807) is 0 Å². The molecule has 0 aromatic carbocycles. The molecule has 0 heterocycles. The maximum absolute atomic E-state index is 12.5. The molecule has 0 aromatic heterocycles. The maximum atomic E-state index is 12.5. The lowest BCUT2D eigenvalue weighted by Crippen LogP contribution is -2.45. The Morgan fingerprint density at radius 3 is 1.00 bits per heavy atom. The number of esters is 1. The summed E-state index contributed by atoms with van der Waals surface area (Å²) in [5.74, 6) is -0.0216.